The third-order valence-electron chi connectivity index (χ3n) is 3.95. The molecule has 0 saturated heterocycles. The fourth-order valence-corrected chi connectivity index (χ4v) is 2.90. The van der Waals surface area contributed by atoms with E-state index in [-0.39, 0.29) is 22.4 Å². The summed E-state index contributed by atoms with van der Waals surface area (Å²) in [7, 11) is 0. The van der Waals surface area contributed by atoms with E-state index in [0.717, 1.165) is 11.1 Å². The first kappa shape index (κ1) is 19.8. The monoisotopic (exact) mass is 445 g/mol. The number of aryl methyl sites for hydroxylation is 1. The van der Waals surface area contributed by atoms with Crippen molar-refractivity contribution in [2.75, 3.05) is 0 Å². The number of rotatable bonds is 6. The van der Waals surface area contributed by atoms with Gasteiger partial charge in [0, 0.05) is 18.6 Å². The minimum atomic E-state index is -0.425. The SMILES string of the molecule is Cc1ccc(CC(=N)Cc2nonc2C(=Nc2ccc(F)c(Br)c2)NO)cc1. The van der Waals surface area contributed by atoms with Crippen LogP contribution in [0, 0.1) is 18.2 Å². The number of nitrogens with zero attached hydrogens (tertiary/aromatic N) is 3. The molecular weight excluding hydrogens is 429 g/mol. The number of amidine groups is 1. The number of halogens is 2. The summed E-state index contributed by atoms with van der Waals surface area (Å²) in [5.41, 5.74) is 5.46. The molecule has 0 atom stereocenters. The Morgan fingerprint density at radius 1 is 1.21 bits per heavy atom. The van der Waals surface area contributed by atoms with Gasteiger partial charge in [-0.25, -0.2) is 14.0 Å². The van der Waals surface area contributed by atoms with Crippen molar-refractivity contribution in [3.63, 3.8) is 0 Å². The Bertz CT molecular complexity index is 1020. The Labute approximate surface area is 168 Å². The Morgan fingerprint density at radius 2 is 1.96 bits per heavy atom. The van der Waals surface area contributed by atoms with E-state index in [9.17, 15) is 9.60 Å². The summed E-state index contributed by atoms with van der Waals surface area (Å²) in [6.07, 6.45) is 0.636. The second-order valence-corrected chi connectivity index (χ2v) is 7.03. The van der Waals surface area contributed by atoms with Gasteiger partial charge in [-0.1, -0.05) is 35.0 Å². The lowest BCUT2D eigenvalue weighted by atomic mass is 10.0. The minimum absolute atomic E-state index is 0.0158. The van der Waals surface area contributed by atoms with Gasteiger partial charge in [0.25, 0.3) is 0 Å². The highest BCUT2D eigenvalue weighted by molar-refractivity contribution is 9.10. The van der Waals surface area contributed by atoms with Crippen LogP contribution in [0.1, 0.15) is 22.5 Å². The van der Waals surface area contributed by atoms with Crippen LogP contribution in [0.4, 0.5) is 10.1 Å². The topological polar surface area (TPSA) is 107 Å². The van der Waals surface area contributed by atoms with E-state index in [4.69, 9.17) is 10.0 Å². The van der Waals surface area contributed by atoms with Gasteiger partial charge in [0.2, 0.25) is 0 Å². The lowest BCUT2D eigenvalue weighted by Crippen LogP contribution is -2.23. The van der Waals surface area contributed by atoms with Crippen LogP contribution in [-0.2, 0) is 12.8 Å². The summed E-state index contributed by atoms with van der Waals surface area (Å²) in [5.74, 6) is -0.441. The molecular formula is C19H17BrFN5O2. The third-order valence-corrected chi connectivity index (χ3v) is 4.56. The van der Waals surface area contributed by atoms with Crippen molar-refractivity contribution in [3.05, 3.63) is 75.3 Å². The molecule has 0 saturated carbocycles. The molecule has 0 unspecified atom stereocenters. The van der Waals surface area contributed by atoms with Crippen molar-refractivity contribution in [2.24, 2.45) is 4.99 Å². The smallest absolute Gasteiger partial charge is 0.182 e. The summed E-state index contributed by atoms with van der Waals surface area (Å²) in [5, 5.41) is 25.3. The molecule has 0 spiro atoms. The number of aromatic nitrogens is 2. The number of nitrogens with one attached hydrogen (secondary N) is 2. The van der Waals surface area contributed by atoms with E-state index in [1.165, 1.54) is 18.2 Å². The average Bonchev–Trinajstić information content (AvgIpc) is 3.12. The molecule has 0 aliphatic carbocycles. The van der Waals surface area contributed by atoms with Gasteiger partial charge < -0.3 is 5.41 Å². The van der Waals surface area contributed by atoms with Crippen LogP contribution in [0.5, 0.6) is 0 Å². The largest absolute Gasteiger partial charge is 0.309 e. The highest BCUT2D eigenvalue weighted by Gasteiger charge is 2.18. The predicted molar refractivity (Wildman–Crippen MR) is 106 cm³/mol. The van der Waals surface area contributed by atoms with E-state index in [0.29, 0.717) is 23.5 Å². The zero-order valence-corrected chi connectivity index (χ0v) is 16.5. The van der Waals surface area contributed by atoms with E-state index < -0.39 is 5.82 Å². The summed E-state index contributed by atoms with van der Waals surface area (Å²) in [6.45, 7) is 2.00. The standard InChI is InChI=1S/C19H17BrFN5O2/c1-11-2-4-12(5-3-11)8-13(22)9-17-18(26-28-25-17)19(24-27)23-14-6-7-16(21)15(20)10-14/h2-7,10,22,27H,8-9H2,1H3,(H,23,24). The van der Waals surface area contributed by atoms with Gasteiger partial charge in [0.1, 0.15) is 11.5 Å². The second-order valence-electron chi connectivity index (χ2n) is 6.17. The first-order valence-corrected chi connectivity index (χ1v) is 9.13. The predicted octanol–water partition coefficient (Wildman–Crippen LogP) is 4.14. The van der Waals surface area contributed by atoms with E-state index >= 15 is 0 Å². The highest BCUT2D eigenvalue weighted by Crippen LogP contribution is 2.23. The molecule has 28 heavy (non-hydrogen) atoms. The second kappa shape index (κ2) is 8.85. The first-order valence-electron chi connectivity index (χ1n) is 8.33. The Hall–Kier alpha value is -2.91. The van der Waals surface area contributed by atoms with Crippen molar-refractivity contribution in [1.82, 2.24) is 15.8 Å². The van der Waals surface area contributed by atoms with Crippen LogP contribution in [0.15, 0.2) is 56.6 Å². The van der Waals surface area contributed by atoms with Crippen LogP contribution in [0.25, 0.3) is 0 Å². The van der Waals surface area contributed by atoms with Crippen LogP contribution >= 0.6 is 15.9 Å². The summed E-state index contributed by atoms with van der Waals surface area (Å²) < 4.78 is 18.4. The zero-order valence-electron chi connectivity index (χ0n) is 14.9. The molecule has 3 N–H and O–H groups in total. The van der Waals surface area contributed by atoms with Gasteiger partial charge in [0.15, 0.2) is 11.5 Å². The van der Waals surface area contributed by atoms with Crippen molar-refractivity contribution >= 4 is 33.2 Å². The molecule has 7 nitrogen and oxygen atoms in total. The Kier molecular flexibility index (Phi) is 6.27. The first-order chi connectivity index (χ1) is 13.5. The molecule has 0 radical (unpaired) electrons. The van der Waals surface area contributed by atoms with E-state index in [1.54, 1.807) is 0 Å². The van der Waals surface area contributed by atoms with Gasteiger partial charge in [-0.3, -0.25) is 10.7 Å². The maximum absolute atomic E-state index is 13.4. The quantitative estimate of drug-likeness (QED) is 0.300. The van der Waals surface area contributed by atoms with Crippen molar-refractivity contribution in [2.45, 2.75) is 19.8 Å². The number of benzene rings is 2. The van der Waals surface area contributed by atoms with E-state index in [1.807, 2.05) is 36.7 Å². The molecule has 0 fully saturated rings. The molecule has 0 bridgehead atoms. The lowest BCUT2D eigenvalue weighted by molar-refractivity contribution is 0.234. The van der Waals surface area contributed by atoms with Crippen molar-refractivity contribution in [1.29, 1.82) is 5.41 Å². The lowest BCUT2D eigenvalue weighted by Gasteiger charge is -2.06. The van der Waals surface area contributed by atoms with Gasteiger partial charge in [-0.05, 0) is 51.8 Å². The zero-order chi connectivity index (χ0) is 20.1. The van der Waals surface area contributed by atoms with Crippen molar-refractivity contribution in [3.8, 4) is 0 Å². The molecule has 0 aliphatic rings. The number of hydrogen-bond donors (Lipinski definition) is 3. The number of hydrogen-bond acceptors (Lipinski definition) is 6. The fraction of sp³-hybridized carbons (Fsp3) is 0.158. The average molecular weight is 446 g/mol. The van der Waals surface area contributed by atoms with Gasteiger partial charge >= 0.3 is 0 Å². The maximum atomic E-state index is 13.4. The van der Waals surface area contributed by atoms with Crippen LogP contribution in [0.2, 0.25) is 0 Å². The molecule has 144 valence electrons. The van der Waals surface area contributed by atoms with Crippen LogP contribution in [0.3, 0.4) is 0 Å². The third kappa shape index (κ3) is 4.87. The molecule has 9 heteroatoms. The molecule has 0 amide bonds. The maximum Gasteiger partial charge on any atom is 0.182 e. The van der Waals surface area contributed by atoms with Crippen molar-refractivity contribution < 1.29 is 14.2 Å². The molecule has 1 aromatic heterocycles. The summed E-state index contributed by atoms with van der Waals surface area (Å²) in [6, 6.07) is 12.1. The van der Waals surface area contributed by atoms with Gasteiger partial charge in [-0.2, -0.15) is 0 Å². The molecule has 2 aromatic carbocycles. The van der Waals surface area contributed by atoms with Gasteiger partial charge in [0.05, 0.1) is 10.2 Å². The summed E-state index contributed by atoms with van der Waals surface area (Å²) in [4.78, 5) is 4.21. The fourth-order valence-electron chi connectivity index (χ4n) is 2.53. The normalized spacial score (nSPS) is 11.5. The van der Waals surface area contributed by atoms with Crippen LogP contribution in [-0.4, -0.2) is 27.1 Å². The highest BCUT2D eigenvalue weighted by atomic mass is 79.9. The number of aliphatic imine (C=N–C) groups is 1. The number of hydroxylamine groups is 1. The molecule has 0 aliphatic heterocycles. The van der Waals surface area contributed by atoms with E-state index in [2.05, 4.69) is 31.2 Å². The molecule has 3 aromatic rings. The summed E-state index contributed by atoms with van der Waals surface area (Å²) >= 11 is 3.09. The molecule has 3 rings (SSSR count). The Morgan fingerprint density at radius 3 is 2.64 bits per heavy atom. The van der Waals surface area contributed by atoms with Crippen LogP contribution < -0.4 is 5.48 Å². The molecule has 1 heterocycles. The Balaban J connectivity index is 1.79. The van der Waals surface area contributed by atoms with Gasteiger partial charge in [-0.15, -0.1) is 0 Å². The minimum Gasteiger partial charge on any atom is -0.309 e.